The molecule has 0 aliphatic carbocycles. The minimum atomic E-state index is 0.791. The van der Waals surface area contributed by atoms with Gasteiger partial charge in [0.2, 0.25) is 5.13 Å². The van der Waals surface area contributed by atoms with E-state index in [2.05, 4.69) is 36.5 Å². The molecule has 0 atom stereocenters. The predicted molar refractivity (Wildman–Crippen MR) is 58.3 cm³/mol. The first-order valence-electron chi connectivity index (χ1n) is 4.05. The van der Waals surface area contributed by atoms with Gasteiger partial charge in [-0.3, -0.25) is 4.68 Å². The van der Waals surface area contributed by atoms with Gasteiger partial charge in [0.15, 0.2) is 3.92 Å². The molecule has 5 nitrogen and oxygen atoms in total. The molecule has 7 heteroatoms. The molecule has 0 spiro atoms. The van der Waals surface area contributed by atoms with Crippen molar-refractivity contribution in [3.05, 3.63) is 22.4 Å². The van der Waals surface area contributed by atoms with E-state index in [4.69, 9.17) is 0 Å². The van der Waals surface area contributed by atoms with Gasteiger partial charge < -0.3 is 5.32 Å². The van der Waals surface area contributed by atoms with Crippen LogP contribution < -0.4 is 5.32 Å². The first-order chi connectivity index (χ1) is 6.84. The largest absolute Gasteiger partial charge is 0.358 e. The van der Waals surface area contributed by atoms with Gasteiger partial charge in [-0.05, 0) is 22.0 Å². The maximum atomic E-state index is 4.09. The Morgan fingerprint density at radius 1 is 1.50 bits per heavy atom. The fourth-order valence-corrected chi connectivity index (χ4v) is 2.02. The Hall–Kier alpha value is -0.950. The van der Waals surface area contributed by atoms with Crippen molar-refractivity contribution in [1.29, 1.82) is 0 Å². The fourth-order valence-electron chi connectivity index (χ4n) is 0.987. The van der Waals surface area contributed by atoms with E-state index < -0.39 is 0 Å². The van der Waals surface area contributed by atoms with E-state index in [0.29, 0.717) is 0 Å². The van der Waals surface area contributed by atoms with E-state index in [1.807, 2.05) is 16.9 Å². The molecule has 0 unspecified atom stereocenters. The van der Waals surface area contributed by atoms with Crippen LogP contribution in [0, 0.1) is 0 Å². The highest BCUT2D eigenvalue weighted by Gasteiger charge is 1.99. The van der Waals surface area contributed by atoms with Crippen LogP contribution in [-0.2, 0) is 6.54 Å². The van der Waals surface area contributed by atoms with Gasteiger partial charge in [0, 0.05) is 18.9 Å². The van der Waals surface area contributed by atoms with Gasteiger partial charge in [0.05, 0.1) is 6.54 Å². The molecule has 0 saturated heterocycles. The van der Waals surface area contributed by atoms with Crippen LogP contribution in [-0.4, -0.2) is 26.5 Å². The van der Waals surface area contributed by atoms with Crippen LogP contribution in [0.15, 0.2) is 22.4 Å². The first-order valence-corrected chi connectivity index (χ1v) is 5.66. The summed E-state index contributed by atoms with van der Waals surface area (Å²) in [7, 11) is 0. The third-order valence-electron chi connectivity index (χ3n) is 1.58. The topological polar surface area (TPSA) is 55.6 Å². The Morgan fingerprint density at radius 2 is 2.43 bits per heavy atom. The predicted octanol–water partition coefficient (Wildman–Crippen LogP) is 1.61. The number of rotatable bonds is 4. The van der Waals surface area contributed by atoms with Crippen molar-refractivity contribution < 1.29 is 0 Å². The van der Waals surface area contributed by atoms with Crippen molar-refractivity contribution in [3.8, 4) is 0 Å². The van der Waals surface area contributed by atoms with E-state index in [-0.39, 0.29) is 0 Å². The monoisotopic (exact) mass is 273 g/mol. The maximum Gasteiger partial charge on any atom is 0.206 e. The highest BCUT2D eigenvalue weighted by atomic mass is 79.9. The van der Waals surface area contributed by atoms with Gasteiger partial charge in [-0.15, -0.1) is 10.2 Å². The van der Waals surface area contributed by atoms with Crippen LogP contribution in [0.25, 0.3) is 0 Å². The molecular formula is C7H8BrN5S. The van der Waals surface area contributed by atoms with Gasteiger partial charge in [-0.1, -0.05) is 11.3 Å². The molecule has 0 saturated carbocycles. The molecular weight excluding hydrogens is 266 g/mol. The van der Waals surface area contributed by atoms with Crippen molar-refractivity contribution in [1.82, 2.24) is 20.0 Å². The SMILES string of the molecule is Brc1nnc(NCCn2cccn2)s1. The van der Waals surface area contributed by atoms with Gasteiger partial charge in [-0.25, -0.2) is 0 Å². The summed E-state index contributed by atoms with van der Waals surface area (Å²) in [6.07, 6.45) is 3.69. The maximum absolute atomic E-state index is 4.09. The van der Waals surface area contributed by atoms with E-state index in [9.17, 15) is 0 Å². The van der Waals surface area contributed by atoms with Gasteiger partial charge in [0.1, 0.15) is 0 Å². The quantitative estimate of drug-likeness (QED) is 0.920. The molecule has 2 rings (SSSR count). The van der Waals surface area contributed by atoms with Crippen molar-refractivity contribution >= 4 is 32.4 Å². The Bertz CT molecular complexity index is 384. The summed E-state index contributed by atoms with van der Waals surface area (Å²) in [5.74, 6) is 0. The molecule has 1 N–H and O–H groups in total. The Kier molecular flexibility index (Phi) is 3.10. The van der Waals surface area contributed by atoms with Crippen molar-refractivity contribution in [2.75, 3.05) is 11.9 Å². The smallest absolute Gasteiger partial charge is 0.206 e. The summed E-state index contributed by atoms with van der Waals surface area (Å²) in [4.78, 5) is 0. The first kappa shape index (κ1) is 9.60. The second kappa shape index (κ2) is 4.52. The van der Waals surface area contributed by atoms with Gasteiger partial charge in [-0.2, -0.15) is 5.10 Å². The van der Waals surface area contributed by atoms with Gasteiger partial charge in [0.25, 0.3) is 0 Å². The zero-order chi connectivity index (χ0) is 9.80. The molecule has 2 heterocycles. The van der Waals surface area contributed by atoms with Crippen molar-refractivity contribution in [2.24, 2.45) is 0 Å². The standard InChI is InChI=1S/C7H8BrN5S/c8-6-11-12-7(14-6)9-3-5-13-4-1-2-10-13/h1-2,4H,3,5H2,(H,9,12). The van der Waals surface area contributed by atoms with Crippen molar-refractivity contribution in [2.45, 2.75) is 6.54 Å². The molecule has 0 amide bonds. The molecule has 14 heavy (non-hydrogen) atoms. The number of aromatic nitrogens is 4. The third kappa shape index (κ3) is 2.52. The van der Waals surface area contributed by atoms with Crippen LogP contribution in [0.1, 0.15) is 0 Å². The fraction of sp³-hybridized carbons (Fsp3) is 0.286. The summed E-state index contributed by atoms with van der Waals surface area (Å²) >= 11 is 4.73. The van der Waals surface area contributed by atoms with Crippen LogP contribution >= 0.6 is 27.3 Å². The summed E-state index contributed by atoms with van der Waals surface area (Å²) < 4.78 is 2.65. The Morgan fingerprint density at radius 3 is 3.07 bits per heavy atom. The molecule has 0 fully saturated rings. The lowest BCUT2D eigenvalue weighted by molar-refractivity contribution is 0.637. The van der Waals surface area contributed by atoms with Crippen LogP contribution in [0.3, 0.4) is 0 Å². The number of halogens is 1. The van der Waals surface area contributed by atoms with Crippen LogP contribution in [0.2, 0.25) is 0 Å². The normalized spacial score (nSPS) is 10.4. The number of anilines is 1. The lowest BCUT2D eigenvalue weighted by atomic mass is 10.6. The minimum Gasteiger partial charge on any atom is -0.358 e. The number of hydrogen-bond donors (Lipinski definition) is 1. The molecule has 0 aliphatic heterocycles. The average Bonchev–Trinajstić information content (AvgIpc) is 2.77. The van der Waals surface area contributed by atoms with E-state index in [1.165, 1.54) is 11.3 Å². The molecule has 0 radical (unpaired) electrons. The number of nitrogens with one attached hydrogen (secondary N) is 1. The second-order valence-electron chi connectivity index (χ2n) is 2.56. The molecule has 0 aromatic carbocycles. The molecule has 0 aliphatic rings. The van der Waals surface area contributed by atoms with E-state index in [1.54, 1.807) is 6.20 Å². The highest BCUT2D eigenvalue weighted by molar-refractivity contribution is 9.11. The Labute approximate surface area is 93.3 Å². The summed E-state index contributed by atoms with van der Waals surface area (Å²) in [6, 6.07) is 1.90. The lowest BCUT2D eigenvalue weighted by Gasteiger charge is -2.01. The molecule has 2 aromatic heterocycles. The molecule has 74 valence electrons. The highest BCUT2D eigenvalue weighted by Crippen LogP contribution is 2.19. The third-order valence-corrected chi connectivity index (χ3v) is 2.89. The van der Waals surface area contributed by atoms with Crippen LogP contribution in [0.5, 0.6) is 0 Å². The van der Waals surface area contributed by atoms with E-state index in [0.717, 1.165) is 22.1 Å². The minimum absolute atomic E-state index is 0.791. The number of hydrogen-bond acceptors (Lipinski definition) is 5. The van der Waals surface area contributed by atoms with Crippen molar-refractivity contribution in [3.63, 3.8) is 0 Å². The Balaban J connectivity index is 1.78. The van der Waals surface area contributed by atoms with E-state index >= 15 is 0 Å². The average molecular weight is 274 g/mol. The van der Waals surface area contributed by atoms with Crippen LogP contribution in [0.4, 0.5) is 5.13 Å². The zero-order valence-electron chi connectivity index (χ0n) is 7.22. The second-order valence-corrected chi connectivity index (χ2v) is 4.81. The van der Waals surface area contributed by atoms with Gasteiger partial charge >= 0.3 is 0 Å². The summed E-state index contributed by atoms with van der Waals surface area (Å²) in [5, 5.41) is 15.8. The lowest BCUT2D eigenvalue weighted by Crippen LogP contribution is -2.10. The summed E-state index contributed by atoms with van der Waals surface area (Å²) in [6.45, 7) is 1.62. The zero-order valence-corrected chi connectivity index (χ0v) is 9.62. The number of nitrogens with zero attached hydrogens (tertiary/aromatic N) is 4. The molecule has 2 aromatic rings. The molecule has 0 bridgehead atoms. The summed E-state index contributed by atoms with van der Waals surface area (Å²) in [5.41, 5.74) is 0.